The Balaban J connectivity index is 2.34. The predicted molar refractivity (Wildman–Crippen MR) is 80.9 cm³/mol. The Morgan fingerprint density at radius 1 is 1.05 bits per heavy atom. The second kappa shape index (κ2) is 6.07. The molecule has 2 aromatic carbocycles. The minimum Gasteiger partial charge on any atom is -0.377 e. The van der Waals surface area contributed by atoms with E-state index in [0.29, 0.717) is 5.69 Å². The molecule has 3 N–H and O–H groups in total. The highest BCUT2D eigenvalue weighted by molar-refractivity contribution is 7.89. The molecule has 0 fully saturated rings. The average molecular weight is 290 g/mol. The van der Waals surface area contributed by atoms with Crippen LogP contribution < -0.4 is 10.5 Å². The van der Waals surface area contributed by atoms with E-state index in [4.69, 9.17) is 5.14 Å². The largest absolute Gasteiger partial charge is 0.377 e. The van der Waals surface area contributed by atoms with Crippen LogP contribution in [0.1, 0.15) is 24.9 Å². The summed E-state index contributed by atoms with van der Waals surface area (Å²) >= 11 is 0. The molecule has 0 aliphatic rings. The molecular formula is C15H18N2O2S. The maximum Gasteiger partial charge on any atom is 0.240 e. The van der Waals surface area contributed by atoms with Gasteiger partial charge in [0.1, 0.15) is 4.90 Å². The molecule has 4 nitrogen and oxygen atoms in total. The second-order valence-electron chi connectivity index (χ2n) is 4.56. The van der Waals surface area contributed by atoms with E-state index in [1.54, 1.807) is 18.2 Å². The minimum atomic E-state index is -3.73. The van der Waals surface area contributed by atoms with Crippen molar-refractivity contribution in [2.75, 3.05) is 5.32 Å². The number of hydrogen-bond donors (Lipinski definition) is 2. The lowest BCUT2D eigenvalue weighted by atomic mass is 10.0. The monoisotopic (exact) mass is 290 g/mol. The molecule has 0 radical (unpaired) electrons. The van der Waals surface area contributed by atoms with Crippen molar-refractivity contribution in [2.24, 2.45) is 5.14 Å². The first-order valence-corrected chi connectivity index (χ1v) is 8.00. The summed E-state index contributed by atoms with van der Waals surface area (Å²) in [6.45, 7) is 2.05. The highest BCUT2D eigenvalue weighted by Gasteiger charge is 2.16. The van der Waals surface area contributed by atoms with Crippen LogP contribution in [0.4, 0.5) is 5.69 Å². The van der Waals surface area contributed by atoms with Crippen molar-refractivity contribution < 1.29 is 8.42 Å². The Kier molecular flexibility index (Phi) is 4.42. The molecule has 0 saturated heterocycles. The molecule has 0 amide bonds. The lowest BCUT2D eigenvalue weighted by Crippen LogP contribution is -2.17. The van der Waals surface area contributed by atoms with E-state index < -0.39 is 10.0 Å². The van der Waals surface area contributed by atoms with Gasteiger partial charge in [0.25, 0.3) is 0 Å². The topological polar surface area (TPSA) is 72.2 Å². The molecule has 0 spiro atoms. The Labute approximate surface area is 119 Å². The molecule has 0 saturated carbocycles. The van der Waals surface area contributed by atoms with Crippen molar-refractivity contribution in [3.05, 3.63) is 60.2 Å². The number of para-hydroxylation sites is 1. The van der Waals surface area contributed by atoms with Gasteiger partial charge in [-0.2, -0.15) is 0 Å². The lowest BCUT2D eigenvalue weighted by Gasteiger charge is -2.20. The zero-order chi connectivity index (χ0) is 14.6. The minimum absolute atomic E-state index is 0.0408. The van der Waals surface area contributed by atoms with Crippen molar-refractivity contribution in [3.63, 3.8) is 0 Å². The SMILES string of the molecule is CCC(Nc1ccccc1S(N)(=O)=O)c1ccccc1. The molecule has 106 valence electrons. The van der Waals surface area contributed by atoms with Crippen LogP contribution in [0.5, 0.6) is 0 Å². The van der Waals surface area contributed by atoms with Crippen molar-refractivity contribution >= 4 is 15.7 Å². The van der Waals surface area contributed by atoms with Crippen LogP contribution in [0.15, 0.2) is 59.5 Å². The van der Waals surface area contributed by atoms with Gasteiger partial charge in [0.15, 0.2) is 0 Å². The van der Waals surface area contributed by atoms with E-state index in [1.807, 2.05) is 37.3 Å². The van der Waals surface area contributed by atoms with E-state index in [2.05, 4.69) is 5.32 Å². The van der Waals surface area contributed by atoms with Crippen molar-refractivity contribution in [1.82, 2.24) is 0 Å². The Bertz CT molecular complexity index is 669. The van der Waals surface area contributed by atoms with Crippen LogP contribution in [0.3, 0.4) is 0 Å². The summed E-state index contributed by atoms with van der Waals surface area (Å²) in [5, 5.41) is 8.51. The van der Waals surface area contributed by atoms with E-state index in [1.165, 1.54) is 6.07 Å². The zero-order valence-electron chi connectivity index (χ0n) is 11.3. The smallest absolute Gasteiger partial charge is 0.240 e. The third kappa shape index (κ3) is 3.37. The van der Waals surface area contributed by atoms with Gasteiger partial charge in [0.05, 0.1) is 11.7 Å². The summed E-state index contributed by atoms with van der Waals surface area (Å²) in [5.74, 6) is 0. The number of sulfonamides is 1. The molecule has 5 heteroatoms. The lowest BCUT2D eigenvalue weighted by molar-refractivity contribution is 0.597. The Morgan fingerprint density at radius 2 is 1.65 bits per heavy atom. The van der Waals surface area contributed by atoms with Gasteiger partial charge >= 0.3 is 0 Å². The predicted octanol–water partition coefficient (Wildman–Crippen LogP) is 2.90. The molecule has 2 aromatic rings. The molecule has 0 bridgehead atoms. The fourth-order valence-corrected chi connectivity index (χ4v) is 2.83. The number of benzene rings is 2. The van der Waals surface area contributed by atoms with Gasteiger partial charge in [-0.3, -0.25) is 0 Å². The quantitative estimate of drug-likeness (QED) is 0.889. The van der Waals surface area contributed by atoms with Gasteiger partial charge in [0.2, 0.25) is 10.0 Å². The Morgan fingerprint density at radius 3 is 2.25 bits per heavy atom. The van der Waals surface area contributed by atoms with Gasteiger partial charge in [0, 0.05) is 0 Å². The zero-order valence-corrected chi connectivity index (χ0v) is 12.1. The third-order valence-corrected chi connectivity index (χ3v) is 4.10. The number of nitrogens with one attached hydrogen (secondary N) is 1. The highest BCUT2D eigenvalue weighted by atomic mass is 32.2. The van der Waals surface area contributed by atoms with Crippen LogP contribution in [-0.2, 0) is 10.0 Å². The molecule has 1 atom stereocenters. The molecule has 2 rings (SSSR count). The standard InChI is InChI=1S/C15H18N2O2S/c1-2-13(12-8-4-3-5-9-12)17-14-10-6-7-11-15(14)20(16,18)19/h3-11,13,17H,2H2,1H3,(H2,16,18,19). The Hall–Kier alpha value is -1.85. The van der Waals surface area contributed by atoms with Crippen LogP contribution in [0, 0.1) is 0 Å². The number of hydrogen-bond acceptors (Lipinski definition) is 3. The molecule has 20 heavy (non-hydrogen) atoms. The van der Waals surface area contributed by atoms with Gasteiger partial charge in [-0.15, -0.1) is 0 Å². The maximum atomic E-state index is 11.6. The van der Waals surface area contributed by atoms with Gasteiger partial charge in [-0.1, -0.05) is 49.4 Å². The molecule has 1 unspecified atom stereocenters. The number of primary sulfonamides is 1. The van der Waals surface area contributed by atoms with E-state index in [0.717, 1.165) is 12.0 Å². The number of rotatable bonds is 5. The summed E-state index contributed by atoms with van der Waals surface area (Å²) in [7, 11) is -3.73. The second-order valence-corrected chi connectivity index (χ2v) is 6.09. The van der Waals surface area contributed by atoms with Gasteiger partial charge in [-0.05, 0) is 24.1 Å². The summed E-state index contributed by atoms with van der Waals surface area (Å²) < 4.78 is 23.2. The van der Waals surface area contributed by atoms with E-state index >= 15 is 0 Å². The van der Waals surface area contributed by atoms with Gasteiger partial charge < -0.3 is 5.32 Å². The first-order valence-electron chi connectivity index (χ1n) is 6.45. The van der Waals surface area contributed by atoms with Crippen LogP contribution in [-0.4, -0.2) is 8.42 Å². The number of anilines is 1. The molecule has 0 heterocycles. The van der Waals surface area contributed by atoms with Gasteiger partial charge in [-0.25, -0.2) is 13.6 Å². The highest BCUT2D eigenvalue weighted by Crippen LogP contribution is 2.26. The summed E-state index contributed by atoms with van der Waals surface area (Å²) in [5.41, 5.74) is 1.64. The van der Waals surface area contributed by atoms with Crippen LogP contribution in [0.2, 0.25) is 0 Å². The molecular weight excluding hydrogens is 272 g/mol. The summed E-state index contributed by atoms with van der Waals surface area (Å²) in [6.07, 6.45) is 0.836. The average Bonchev–Trinajstić information content (AvgIpc) is 2.45. The normalized spacial score (nSPS) is 12.9. The first-order chi connectivity index (χ1) is 9.52. The van der Waals surface area contributed by atoms with E-state index in [9.17, 15) is 8.42 Å². The molecule has 0 aromatic heterocycles. The van der Waals surface area contributed by atoms with E-state index in [-0.39, 0.29) is 10.9 Å². The number of nitrogens with two attached hydrogens (primary N) is 1. The fourth-order valence-electron chi connectivity index (χ4n) is 2.13. The first kappa shape index (κ1) is 14.6. The molecule has 0 aliphatic carbocycles. The molecule has 0 aliphatic heterocycles. The third-order valence-electron chi connectivity index (χ3n) is 3.13. The van der Waals surface area contributed by atoms with Crippen molar-refractivity contribution in [2.45, 2.75) is 24.3 Å². The van der Waals surface area contributed by atoms with Crippen molar-refractivity contribution in [1.29, 1.82) is 0 Å². The summed E-state index contributed by atoms with van der Waals surface area (Å²) in [4.78, 5) is 0.120. The van der Waals surface area contributed by atoms with Crippen molar-refractivity contribution in [3.8, 4) is 0 Å². The van der Waals surface area contributed by atoms with Crippen LogP contribution in [0.25, 0.3) is 0 Å². The summed E-state index contributed by atoms with van der Waals surface area (Å²) in [6, 6.07) is 16.6. The van der Waals surface area contributed by atoms with Crippen LogP contribution >= 0.6 is 0 Å². The fraction of sp³-hybridized carbons (Fsp3) is 0.200. The maximum absolute atomic E-state index is 11.6.